The van der Waals surface area contributed by atoms with Gasteiger partial charge in [-0.1, -0.05) is 48.2 Å². The first-order valence-corrected chi connectivity index (χ1v) is 11.4. The number of benzene rings is 2. The number of aromatic nitrogens is 3. The lowest BCUT2D eigenvalue weighted by atomic mass is 10.1. The van der Waals surface area contributed by atoms with Crippen molar-refractivity contribution < 1.29 is 14.7 Å². The normalized spacial score (nSPS) is 11.6. The number of nitrogens with one attached hydrogen (secondary N) is 2. The topological polar surface area (TPSA) is 109 Å². The molecule has 0 unspecified atom stereocenters. The molecule has 8 nitrogen and oxygen atoms in total. The van der Waals surface area contributed by atoms with Crippen molar-refractivity contribution in [2.45, 2.75) is 31.6 Å². The van der Waals surface area contributed by atoms with Gasteiger partial charge < -0.3 is 20.3 Å². The minimum Gasteiger partial charge on any atom is -0.394 e. The van der Waals surface area contributed by atoms with Crippen LogP contribution in [-0.4, -0.2) is 44.0 Å². The van der Waals surface area contributed by atoms with Gasteiger partial charge in [-0.15, -0.1) is 16.8 Å². The molecule has 172 valence electrons. The lowest BCUT2D eigenvalue weighted by Gasteiger charge is -2.17. The minimum absolute atomic E-state index is 0.128. The molecule has 3 N–H and O–H groups in total. The summed E-state index contributed by atoms with van der Waals surface area (Å²) >= 11 is 1.22. The minimum atomic E-state index is -0.761. The van der Waals surface area contributed by atoms with Gasteiger partial charge >= 0.3 is 0 Å². The Morgan fingerprint density at radius 1 is 1.15 bits per heavy atom. The van der Waals surface area contributed by atoms with Crippen LogP contribution in [0.15, 0.2) is 66.3 Å². The molecule has 0 spiro atoms. The summed E-state index contributed by atoms with van der Waals surface area (Å²) in [5, 5.41) is 24.5. The van der Waals surface area contributed by atoms with Gasteiger partial charge in [0.05, 0.1) is 12.4 Å². The molecule has 0 fully saturated rings. The number of thioether (sulfide) groups is 1. The van der Waals surface area contributed by atoms with Crippen molar-refractivity contribution in [3.8, 4) is 0 Å². The first-order chi connectivity index (χ1) is 15.9. The number of allylic oxidation sites excluding steroid dienone is 1. The Morgan fingerprint density at radius 3 is 2.61 bits per heavy atom. The van der Waals surface area contributed by atoms with Gasteiger partial charge in [-0.05, 0) is 43.2 Å². The molecule has 3 rings (SSSR count). The predicted octanol–water partition coefficient (Wildman–Crippen LogP) is 3.28. The quantitative estimate of drug-likeness (QED) is 0.313. The zero-order chi connectivity index (χ0) is 23.8. The molecule has 0 aliphatic carbocycles. The van der Waals surface area contributed by atoms with Crippen molar-refractivity contribution >= 4 is 29.3 Å². The van der Waals surface area contributed by atoms with Crippen LogP contribution in [0.25, 0.3) is 0 Å². The monoisotopic (exact) mass is 465 g/mol. The van der Waals surface area contributed by atoms with Crippen molar-refractivity contribution in [2.24, 2.45) is 0 Å². The van der Waals surface area contributed by atoms with Gasteiger partial charge in [0.2, 0.25) is 5.91 Å². The Balaban J connectivity index is 1.71. The highest BCUT2D eigenvalue weighted by atomic mass is 32.2. The SMILES string of the molecule is C=CCn1c(SCC(=O)Nc2cccc(C)c2C)nnc1[C@@H](CO)NC(=O)c1ccccc1. The molecule has 2 amide bonds. The van der Waals surface area contributed by atoms with Crippen LogP contribution in [0.5, 0.6) is 0 Å². The highest BCUT2D eigenvalue weighted by Gasteiger charge is 2.23. The second kappa shape index (κ2) is 11.4. The van der Waals surface area contributed by atoms with Crippen LogP contribution < -0.4 is 10.6 Å². The fraction of sp³-hybridized carbons (Fsp3) is 0.250. The summed E-state index contributed by atoms with van der Waals surface area (Å²) in [4.78, 5) is 25.1. The molecule has 0 bridgehead atoms. The fourth-order valence-electron chi connectivity index (χ4n) is 3.19. The molecule has 33 heavy (non-hydrogen) atoms. The smallest absolute Gasteiger partial charge is 0.251 e. The lowest BCUT2D eigenvalue weighted by Crippen LogP contribution is -2.33. The molecule has 0 aliphatic heterocycles. The van der Waals surface area contributed by atoms with E-state index in [0.717, 1.165) is 16.8 Å². The van der Waals surface area contributed by atoms with E-state index in [-0.39, 0.29) is 24.2 Å². The second-order valence-corrected chi connectivity index (χ2v) is 8.34. The standard InChI is InChI=1S/C24H27N5O3S/c1-4-13-29-22(20(14-30)26-23(32)18-10-6-5-7-11-18)27-28-24(29)33-15-21(31)25-19-12-8-9-16(2)17(19)3/h4-12,20,30H,1,13-15H2,2-3H3,(H,25,31)(H,26,32)/t20-/m1/s1. The van der Waals surface area contributed by atoms with Crippen LogP contribution in [-0.2, 0) is 11.3 Å². The van der Waals surface area contributed by atoms with Crippen molar-refractivity contribution in [1.29, 1.82) is 0 Å². The summed E-state index contributed by atoms with van der Waals surface area (Å²) in [6, 6.07) is 13.7. The van der Waals surface area contributed by atoms with E-state index in [2.05, 4.69) is 27.4 Å². The average Bonchev–Trinajstić information content (AvgIpc) is 3.22. The van der Waals surface area contributed by atoms with E-state index < -0.39 is 6.04 Å². The van der Waals surface area contributed by atoms with Crippen molar-refractivity contribution in [2.75, 3.05) is 17.7 Å². The zero-order valence-corrected chi connectivity index (χ0v) is 19.4. The van der Waals surface area contributed by atoms with Crippen molar-refractivity contribution in [3.63, 3.8) is 0 Å². The van der Waals surface area contributed by atoms with Crippen LogP contribution in [0.3, 0.4) is 0 Å². The predicted molar refractivity (Wildman–Crippen MR) is 129 cm³/mol. The van der Waals surface area contributed by atoms with E-state index in [1.807, 2.05) is 38.1 Å². The Kier molecular flexibility index (Phi) is 8.39. The maximum Gasteiger partial charge on any atom is 0.251 e. The molecule has 1 heterocycles. The number of aliphatic hydroxyl groups is 1. The maximum atomic E-state index is 12.5. The molecule has 9 heteroatoms. The molecular formula is C24H27N5O3S. The number of nitrogens with zero attached hydrogens (tertiary/aromatic N) is 3. The highest BCUT2D eigenvalue weighted by Crippen LogP contribution is 2.23. The number of rotatable bonds is 10. The van der Waals surface area contributed by atoms with E-state index in [9.17, 15) is 14.7 Å². The molecule has 0 saturated carbocycles. The summed E-state index contributed by atoms with van der Waals surface area (Å²) in [6.07, 6.45) is 1.67. The number of carbonyl (C=O) groups is 2. The summed E-state index contributed by atoms with van der Waals surface area (Å²) in [7, 11) is 0. The van der Waals surface area contributed by atoms with Crippen LogP contribution >= 0.6 is 11.8 Å². The molecule has 3 aromatic rings. The number of aryl methyl sites for hydroxylation is 1. The van der Waals surface area contributed by atoms with Gasteiger partial charge in [0.15, 0.2) is 11.0 Å². The van der Waals surface area contributed by atoms with Gasteiger partial charge in [-0.25, -0.2) is 0 Å². The first-order valence-electron chi connectivity index (χ1n) is 10.4. The number of aliphatic hydroxyl groups excluding tert-OH is 1. The molecular weight excluding hydrogens is 438 g/mol. The second-order valence-electron chi connectivity index (χ2n) is 7.40. The molecule has 1 atom stereocenters. The van der Waals surface area contributed by atoms with E-state index in [0.29, 0.717) is 23.1 Å². The third-order valence-electron chi connectivity index (χ3n) is 5.10. The summed E-state index contributed by atoms with van der Waals surface area (Å²) in [6.45, 7) is 7.73. The van der Waals surface area contributed by atoms with E-state index in [1.54, 1.807) is 34.9 Å². The van der Waals surface area contributed by atoms with Gasteiger partial charge in [-0.3, -0.25) is 9.59 Å². The van der Waals surface area contributed by atoms with Gasteiger partial charge in [0.25, 0.3) is 5.91 Å². The highest BCUT2D eigenvalue weighted by molar-refractivity contribution is 7.99. The zero-order valence-electron chi connectivity index (χ0n) is 18.6. The summed E-state index contributed by atoms with van der Waals surface area (Å²) in [5.74, 6) is 0.0199. The van der Waals surface area contributed by atoms with Crippen molar-refractivity contribution in [3.05, 3.63) is 83.7 Å². The number of anilines is 1. The van der Waals surface area contributed by atoms with Crippen LogP contribution in [0.1, 0.15) is 33.4 Å². The third-order valence-corrected chi connectivity index (χ3v) is 6.07. The Bertz CT molecular complexity index is 1130. The van der Waals surface area contributed by atoms with E-state index in [4.69, 9.17) is 0 Å². The largest absolute Gasteiger partial charge is 0.394 e. The Morgan fingerprint density at radius 2 is 1.91 bits per heavy atom. The summed E-state index contributed by atoms with van der Waals surface area (Å²) in [5.41, 5.74) is 3.37. The summed E-state index contributed by atoms with van der Waals surface area (Å²) < 4.78 is 1.73. The molecule has 1 aromatic heterocycles. The first kappa shape index (κ1) is 24.2. The molecule has 0 aliphatic rings. The Labute approximate surface area is 197 Å². The molecule has 0 saturated heterocycles. The van der Waals surface area contributed by atoms with E-state index in [1.165, 1.54) is 11.8 Å². The van der Waals surface area contributed by atoms with Crippen LogP contribution in [0.2, 0.25) is 0 Å². The number of hydrogen-bond acceptors (Lipinski definition) is 6. The average molecular weight is 466 g/mol. The number of amides is 2. The maximum absolute atomic E-state index is 12.5. The number of carbonyl (C=O) groups excluding carboxylic acids is 2. The van der Waals surface area contributed by atoms with Gasteiger partial charge in [0, 0.05) is 17.8 Å². The Hall–Kier alpha value is -3.43. The fourth-order valence-corrected chi connectivity index (χ4v) is 3.95. The van der Waals surface area contributed by atoms with Gasteiger partial charge in [-0.2, -0.15) is 0 Å². The van der Waals surface area contributed by atoms with Gasteiger partial charge in [0.1, 0.15) is 6.04 Å². The lowest BCUT2D eigenvalue weighted by molar-refractivity contribution is -0.113. The third kappa shape index (κ3) is 6.09. The van der Waals surface area contributed by atoms with Crippen molar-refractivity contribution in [1.82, 2.24) is 20.1 Å². The van der Waals surface area contributed by atoms with Crippen LogP contribution in [0, 0.1) is 13.8 Å². The molecule has 0 radical (unpaired) electrons. The number of hydrogen-bond donors (Lipinski definition) is 3. The molecule has 2 aromatic carbocycles. The van der Waals surface area contributed by atoms with E-state index >= 15 is 0 Å². The van der Waals surface area contributed by atoms with Crippen LogP contribution in [0.4, 0.5) is 5.69 Å².